The summed E-state index contributed by atoms with van der Waals surface area (Å²) in [6.45, 7) is 3.08. The van der Waals surface area contributed by atoms with Gasteiger partial charge in [0, 0.05) is 12.6 Å². The van der Waals surface area contributed by atoms with Crippen molar-refractivity contribution >= 4 is 0 Å². The SMILES string of the molecule is NCC(CO)N1CCC2(CCCC2)CC1. The van der Waals surface area contributed by atoms with E-state index in [1.807, 2.05) is 0 Å². The third kappa shape index (κ3) is 2.35. The van der Waals surface area contributed by atoms with Crippen molar-refractivity contribution < 1.29 is 5.11 Å². The Hall–Kier alpha value is -0.120. The standard InChI is InChI=1S/C12H24N2O/c13-9-11(10-15)14-7-5-12(6-8-14)3-1-2-4-12/h11,15H,1-10,13H2. The van der Waals surface area contributed by atoms with Crippen molar-refractivity contribution in [3.63, 3.8) is 0 Å². The fourth-order valence-electron chi connectivity index (χ4n) is 3.33. The van der Waals surface area contributed by atoms with Crippen LogP contribution in [0.1, 0.15) is 38.5 Å². The third-order valence-electron chi connectivity index (χ3n) is 4.52. The topological polar surface area (TPSA) is 49.5 Å². The molecule has 0 aromatic carbocycles. The molecule has 1 unspecified atom stereocenters. The predicted octanol–water partition coefficient (Wildman–Crippen LogP) is 0.962. The van der Waals surface area contributed by atoms with E-state index in [2.05, 4.69) is 4.90 Å². The molecule has 3 heteroatoms. The molecule has 1 saturated heterocycles. The van der Waals surface area contributed by atoms with Crippen LogP contribution in [0.3, 0.4) is 0 Å². The molecule has 0 aromatic rings. The minimum absolute atomic E-state index is 0.198. The lowest BCUT2D eigenvalue weighted by Gasteiger charge is -2.42. The molecule has 2 aliphatic rings. The molecule has 0 radical (unpaired) electrons. The van der Waals surface area contributed by atoms with Crippen molar-refractivity contribution in [2.45, 2.75) is 44.6 Å². The second-order valence-corrected chi connectivity index (χ2v) is 5.32. The molecule has 15 heavy (non-hydrogen) atoms. The molecule has 2 fully saturated rings. The zero-order valence-corrected chi connectivity index (χ0v) is 9.62. The van der Waals surface area contributed by atoms with Crippen LogP contribution in [0.4, 0.5) is 0 Å². The molecule has 88 valence electrons. The van der Waals surface area contributed by atoms with Crippen molar-refractivity contribution in [3.05, 3.63) is 0 Å². The van der Waals surface area contributed by atoms with Gasteiger partial charge in [0.2, 0.25) is 0 Å². The predicted molar refractivity (Wildman–Crippen MR) is 61.6 cm³/mol. The highest BCUT2D eigenvalue weighted by atomic mass is 16.3. The number of hydrogen-bond acceptors (Lipinski definition) is 3. The lowest BCUT2D eigenvalue weighted by Crippen LogP contribution is -2.49. The molecule has 3 N–H and O–H groups in total. The Bertz CT molecular complexity index is 188. The maximum atomic E-state index is 9.21. The van der Waals surface area contributed by atoms with Crippen LogP contribution >= 0.6 is 0 Å². The number of likely N-dealkylation sites (tertiary alicyclic amines) is 1. The Balaban J connectivity index is 1.85. The molecule has 0 bridgehead atoms. The first-order valence-corrected chi connectivity index (χ1v) is 6.35. The normalized spacial score (nSPS) is 28.4. The Morgan fingerprint density at radius 3 is 2.20 bits per heavy atom. The largest absolute Gasteiger partial charge is 0.395 e. The molecular weight excluding hydrogens is 188 g/mol. The molecule has 0 aromatic heterocycles. The van der Waals surface area contributed by atoms with E-state index in [9.17, 15) is 5.11 Å². The van der Waals surface area contributed by atoms with Crippen LogP contribution in [0.2, 0.25) is 0 Å². The summed E-state index contributed by atoms with van der Waals surface area (Å²) in [6.07, 6.45) is 8.38. The van der Waals surface area contributed by atoms with Gasteiger partial charge in [-0.05, 0) is 44.2 Å². The summed E-state index contributed by atoms with van der Waals surface area (Å²) in [4.78, 5) is 2.38. The van der Waals surface area contributed by atoms with Crippen molar-refractivity contribution in [1.29, 1.82) is 0 Å². The third-order valence-corrected chi connectivity index (χ3v) is 4.52. The first-order valence-electron chi connectivity index (χ1n) is 6.35. The van der Waals surface area contributed by atoms with Crippen LogP contribution in [0.15, 0.2) is 0 Å². The van der Waals surface area contributed by atoms with E-state index in [1.165, 1.54) is 38.5 Å². The highest BCUT2D eigenvalue weighted by Crippen LogP contribution is 2.46. The van der Waals surface area contributed by atoms with E-state index >= 15 is 0 Å². The fourth-order valence-corrected chi connectivity index (χ4v) is 3.33. The number of hydrogen-bond donors (Lipinski definition) is 2. The van der Waals surface area contributed by atoms with E-state index in [4.69, 9.17) is 5.73 Å². The highest BCUT2D eigenvalue weighted by Gasteiger charge is 2.37. The van der Waals surface area contributed by atoms with Crippen molar-refractivity contribution in [2.24, 2.45) is 11.1 Å². The second kappa shape index (κ2) is 4.81. The molecule has 1 aliphatic heterocycles. The van der Waals surface area contributed by atoms with Gasteiger partial charge in [0.05, 0.1) is 6.61 Å². The average Bonchev–Trinajstić information content (AvgIpc) is 2.72. The van der Waals surface area contributed by atoms with Gasteiger partial charge in [-0.2, -0.15) is 0 Å². The smallest absolute Gasteiger partial charge is 0.0599 e. The summed E-state index contributed by atoms with van der Waals surface area (Å²) in [5.41, 5.74) is 6.33. The first kappa shape index (κ1) is 11.4. The Kier molecular flexibility index (Phi) is 3.65. The monoisotopic (exact) mass is 212 g/mol. The van der Waals surface area contributed by atoms with Crippen molar-refractivity contribution in [3.8, 4) is 0 Å². The quantitative estimate of drug-likeness (QED) is 0.732. The van der Waals surface area contributed by atoms with Crippen LogP contribution in [0.5, 0.6) is 0 Å². The molecule has 3 nitrogen and oxygen atoms in total. The lowest BCUT2D eigenvalue weighted by atomic mass is 9.77. The number of piperidine rings is 1. The molecule has 1 saturated carbocycles. The fraction of sp³-hybridized carbons (Fsp3) is 1.00. The van der Waals surface area contributed by atoms with Gasteiger partial charge < -0.3 is 10.8 Å². The Morgan fingerprint density at radius 2 is 1.73 bits per heavy atom. The molecule has 0 amide bonds. The Morgan fingerprint density at radius 1 is 1.13 bits per heavy atom. The van der Waals surface area contributed by atoms with Gasteiger partial charge in [-0.1, -0.05) is 12.8 Å². The summed E-state index contributed by atoms with van der Waals surface area (Å²) in [6, 6.07) is 0.198. The minimum atomic E-state index is 0.198. The van der Waals surface area contributed by atoms with E-state index in [0.29, 0.717) is 12.0 Å². The van der Waals surface area contributed by atoms with E-state index in [1.54, 1.807) is 0 Å². The highest BCUT2D eigenvalue weighted by molar-refractivity contribution is 4.91. The molecule has 1 aliphatic carbocycles. The van der Waals surface area contributed by atoms with E-state index in [-0.39, 0.29) is 12.6 Å². The van der Waals surface area contributed by atoms with Crippen LogP contribution in [0.25, 0.3) is 0 Å². The minimum Gasteiger partial charge on any atom is -0.395 e. The molecular formula is C12H24N2O. The van der Waals surface area contributed by atoms with Crippen LogP contribution < -0.4 is 5.73 Å². The zero-order chi connectivity index (χ0) is 10.7. The van der Waals surface area contributed by atoms with Crippen LogP contribution in [-0.2, 0) is 0 Å². The number of aliphatic hydroxyl groups excluding tert-OH is 1. The van der Waals surface area contributed by atoms with E-state index in [0.717, 1.165) is 13.1 Å². The zero-order valence-electron chi connectivity index (χ0n) is 9.62. The number of rotatable bonds is 3. The van der Waals surface area contributed by atoms with Gasteiger partial charge in [0.15, 0.2) is 0 Å². The van der Waals surface area contributed by atoms with Crippen LogP contribution in [0, 0.1) is 5.41 Å². The summed E-state index contributed by atoms with van der Waals surface area (Å²) in [5.74, 6) is 0. The second-order valence-electron chi connectivity index (χ2n) is 5.32. The van der Waals surface area contributed by atoms with Gasteiger partial charge in [-0.3, -0.25) is 4.90 Å². The molecule has 1 atom stereocenters. The Labute approximate surface area is 92.6 Å². The molecule has 2 rings (SSSR count). The summed E-state index contributed by atoms with van der Waals surface area (Å²) in [7, 11) is 0. The summed E-state index contributed by atoms with van der Waals surface area (Å²) < 4.78 is 0. The lowest BCUT2D eigenvalue weighted by molar-refractivity contribution is 0.0537. The number of nitrogens with two attached hydrogens (primary N) is 1. The number of nitrogens with zero attached hydrogens (tertiary/aromatic N) is 1. The van der Waals surface area contributed by atoms with Gasteiger partial charge in [0.1, 0.15) is 0 Å². The van der Waals surface area contributed by atoms with Gasteiger partial charge in [-0.25, -0.2) is 0 Å². The summed E-state index contributed by atoms with van der Waals surface area (Å²) >= 11 is 0. The average molecular weight is 212 g/mol. The van der Waals surface area contributed by atoms with Crippen molar-refractivity contribution in [1.82, 2.24) is 4.90 Å². The molecule has 1 spiro atoms. The molecule has 1 heterocycles. The van der Waals surface area contributed by atoms with Gasteiger partial charge in [0.25, 0.3) is 0 Å². The van der Waals surface area contributed by atoms with Gasteiger partial charge in [-0.15, -0.1) is 0 Å². The van der Waals surface area contributed by atoms with E-state index < -0.39 is 0 Å². The maximum Gasteiger partial charge on any atom is 0.0599 e. The van der Waals surface area contributed by atoms with Crippen molar-refractivity contribution in [2.75, 3.05) is 26.2 Å². The van der Waals surface area contributed by atoms with Crippen LogP contribution in [-0.4, -0.2) is 42.3 Å². The maximum absolute atomic E-state index is 9.21. The van der Waals surface area contributed by atoms with Gasteiger partial charge >= 0.3 is 0 Å². The first-order chi connectivity index (χ1) is 7.29. The number of aliphatic hydroxyl groups is 1. The summed E-state index contributed by atoms with van der Waals surface area (Å²) in [5, 5.41) is 9.21.